The van der Waals surface area contributed by atoms with Gasteiger partial charge in [0.2, 0.25) is 0 Å². The molecule has 0 amide bonds. The van der Waals surface area contributed by atoms with E-state index in [2.05, 4.69) is 63.2 Å². The first-order chi connectivity index (χ1) is 21.1. The van der Waals surface area contributed by atoms with Crippen molar-refractivity contribution in [2.75, 3.05) is 4.90 Å². The van der Waals surface area contributed by atoms with Gasteiger partial charge in [-0.25, -0.2) is 4.89 Å². The van der Waals surface area contributed by atoms with Crippen LogP contribution in [0, 0.1) is 7.05 Å². The molecule has 0 aliphatic rings. The Morgan fingerprint density at radius 3 is 2.07 bits per heavy atom. The van der Waals surface area contributed by atoms with Crippen LogP contribution in [0.15, 0.2) is 122 Å². The van der Waals surface area contributed by atoms with Crippen LogP contribution in [0.1, 0.15) is 5.56 Å². The molecule has 0 spiro atoms. The van der Waals surface area contributed by atoms with Gasteiger partial charge in [0.15, 0.2) is 0 Å². The fraction of sp³-hybridized carbons (Fsp3) is 0.0294. The second-order valence-corrected chi connectivity index (χ2v) is 10.6. The normalized spacial score (nSPS) is 10.8. The topological polar surface area (TPSA) is 88.7 Å². The van der Waals surface area contributed by atoms with E-state index in [4.69, 9.17) is 4.74 Å². The summed E-state index contributed by atoms with van der Waals surface area (Å²) >= 11 is 1.68. The van der Waals surface area contributed by atoms with E-state index in [9.17, 15) is 10.1 Å². The highest BCUT2D eigenvalue weighted by atomic mass is 32.1. The molecule has 6 aromatic rings. The van der Waals surface area contributed by atoms with Crippen LogP contribution in [-0.4, -0.2) is 21.7 Å². The number of para-hydroxylation sites is 2. The van der Waals surface area contributed by atoms with Gasteiger partial charge in [-0.3, -0.25) is 20.0 Å². The maximum Gasteiger partial charge on any atom is 0.298 e. The number of aromatic nitrogens is 3. The van der Waals surface area contributed by atoms with E-state index in [0.29, 0.717) is 40.6 Å². The summed E-state index contributed by atoms with van der Waals surface area (Å²) < 4.78 is 6.73. The first kappa shape index (κ1) is 27.8. The van der Waals surface area contributed by atoms with E-state index in [1.54, 1.807) is 46.5 Å². The lowest BCUT2D eigenvalue weighted by Gasteiger charge is -2.23. The Labute approximate surface area is 252 Å². The molecule has 0 bridgehead atoms. The van der Waals surface area contributed by atoms with Gasteiger partial charge in [0.1, 0.15) is 28.7 Å². The van der Waals surface area contributed by atoms with Crippen molar-refractivity contribution in [3.05, 3.63) is 134 Å². The standard InChI is InChI=1S/C34H26N4O4S/c1-37-31(18-24(22-42-40)19-32(37)30-21-28(41-23-39)15-17-36-30)29-20-25(14-16-35-29)33-12-13-34(43-33)38(26-8-4-2-5-9-26)27-10-6-3-7-11-27/h2-21,23,40H,1,22H2. The molecule has 0 aliphatic carbocycles. The highest BCUT2D eigenvalue weighted by molar-refractivity contribution is 7.19. The Bertz CT molecular complexity index is 1820. The molecular formula is C34H26N4O4S. The molecule has 9 heteroatoms. The Morgan fingerprint density at radius 2 is 1.44 bits per heavy atom. The molecule has 4 heterocycles. The number of carbonyl (C=O) groups excluding carboxylic acids is 1. The third-order valence-electron chi connectivity index (χ3n) is 6.78. The predicted molar refractivity (Wildman–Crippen MR) is 166 cm³/mol. The molecule has 43 heavy (non-hydrogen) atoms. The van der Waals surface area contributed by atoms with Gasteiger partial charge in [0, 0.05) is 41.8 Å². The van der Waals surface area contributed by atoms with Crippen molar-refractivity contribution in [2.45, 2.75) is 6.61 Å². The van der Waals surface area contributed by atoms with Crippen molar-refractivity contribution in [1.82, 2.24) is 9.97 Å². The van der Waals surface area contributed by atoms with Gasteiger partial charge in [0.25, 0.3) is 6.47 Å². The maximum atomic E-state index is 10.9. The van der Waals surface area contributed by atoms with E-state index in [1.807, 2.05) is 54.6 Å². The molecule has 212 valence electrons. The molecule has 4 aromatic heterocycles. The molecule has 0 unspecified atom stereocenters. The van der Waals surface area contributed by atoms with Crippen LogP contribution in [0.4, 0.5) is 16.4 Å². The van der Waals surface area contributed by atoms with E-state index < -0.39 is 0 Å². The minimum Gasteiger partial charge on any atom is -0.429 e. The maximum absolute atomic E-state index is 10.9. The summed E-state index contributed by atoms with van der Waals surface area (Å²) in [5, 5.41) is 10.3. The molecule has 1 N–H and O–H groups in total. The third-order valence-corrected chi connectivity index (χ3v) is 7.90. The summed E-state index contributed by atoms with van der Waals surface area (Å²) in [4.78, 5) is 27.7. The van der Waals surface area contributed by atoms with E-state index in [-0.39, 0.29) is 6.61 Å². The smallest absolute Gasteiger partial charge is 0.298 e. The summed E-state index contributed by atoms with van der Waals surface area (Å²) in [7, 11) is 4.27. The van der Waals surface area contributed by atoms with Crippen LogP contribution < -0.4 is 14.2 Å². The number of pyridine rings is 3. The zero-order valence-corrected chi connectivity index (χ0v) is 23.7. The number of anilines is 3. The summed E-state index contributed by atoms with van der Waals surface area (Å²) in [6.45, 7) is 0.317. The van der Waals surface area contributed by atoms with Gasteiger partial charge in [-0.15, -0.1) is 11.3 Å². The van der Waals surface area contributed by atoms with Gasteiger partial charge < -0.3 is 14.2 Å². The Kier molecular flexibility index (Phi) is 8.19. The average Bonchev–Trinajstić information content (AvgIpc) is 3.53. The number of ether oxygens (including phenoxy) is 1. The minimum absolute atomic E-state index is 0.0475. The molecular weight excluding hydrogens is 560 g/mol. The number of rotatable bonds is 10. The first-order valence-electron chi connectivity index (χ1n) is 13.3. The zero-order chi connectivity index (χ0) is 29.6. The quantitative estimate of drug-likeness (QED) is 0.0586. The molecule has 0 fully saturated rings. The van der Waals surface area contributed by atoms with Gasteiger partial charge in [-0.2, -0.15) is 0 Å². The monoisotopic (exact) mass is 586 g/mol. The van der Waals surface area contributed by atoms with Crippen LogP contribution in [0.5, 0.6) is 5.75 Å². The third kappa shape index (κ3) is 6.00. The largest absolute Gasteiger partial charge is 0.429 e. The van der Waals surface area contributed by atoms with E-state index in [0.717, 1.165) is 26.8 Å². The van der Waals surface area contributed by atoms with Crippen molar-refractivity contribution in [2.24, 2.45) is 0 Å². The number of hydrogen-bond acceptors (Lipinski definition) is 8. The first-order valence-corrected chi connectivity index (χ1v) is 14.2. The predicted octanol–water partition coefficient (Wildman–Crippen LogP) is 7.46. The van der Waals surface area contributed by atoms with Crippen molar-refractivity contribution < 1.29 is 24.2 Å². The lowest BCUT2D eigenvalue weighted by atomic mass is 10.1. The van der Waals surface area contributed by atoms with Gasteiger partial charge in [0.05, 0.1) is 11.4 Å². The van der Waals surface area contributed by atoms with Crippen molar-refractivity contribution in [3.63, 3.8) is 0 Å². The van der Waals surface area contributed by atoms with Crippen molar-refractivity contribution in [1.29, 1.82) is 0 Å². The Hall–Kier alpha value is -5.35. The highest BCUT2D eigenvalue weighted by Crippen LogP contribution is 2.41. The summed E-state index contributed by atoms with van der Waals surface area (Å²) in [6, 6.07) is 35.7. The van der Waals surface area contributed by atoms with E-state index >= 15 is 0 Å². The van der Waals surface area contributed by atoms with Crippen LogP contribution >= 0.6 is 11.3 Å². The van der Waals surface area contributed by atoms with Crippen molar-refractivity contribution >= 4 is 34.2 Å². The minimum atomic E-state index is -0.0475. The number of nitrogens with zero attached hydrogens (tertiary/aromatic N) is 4. The van der Waals surface area contributed by atoms with Crippen LogP contribution in [0.3, 0.4) is 0 Å². The summed E-state index contributed by atoms with van der Waals surface area (Å²) in [5.41, 5.74) is 6.32. The number of carbonyl (C=O) groups is 1. The van der Waals surface area contributed by atoms with Gasteiger partial charge in [-0.1, -0.05) is 36.4 Å². The number of thiophene rings is 1. The van der Waals surface area contributed by atoms with E-state index in [1.165, 1.54) is 0 Å². The SMILES string of the molecule is [CH2-][n+]1c(-c2cc(OC=O)ccn2)cc(COO)cc1-c1cc(-c2ccc(N(c3ccccc3)c3ccccc3)s2)ccn1. The molecule has 0 saturated carbocycles. The molecule has 8 nitrogen and oxygen atoms in total. The molecule has 0 aliphatic heterocycles. The molecule has 0 atom stereocenters. The van der Waals surface area contributed by atoms with Gasteiger partial charge in [-0.05, 0) is 77.9 Å². The van der Waals surface area contributed by atoms with Crippen LogP contribution in [0.2, 0.25) is 0 Å². The Morgan fingerprint density at radius 1 is 0.814 bits per heavy atom. The lowest BCUT2D eigenvalue weighted by molar-refractivity contribution is -0.589. The van der Waals surface area contributed by atoms with Crippen LogP contribution in [-0.2, 0) is 16.3 Å². The number of benzene rings is 2. The van der Waals surface area contributed by atoms with Crippen molar-refractivity contribution in [3.8, 4) is 39.0 Å². The fourth-order valence-corrected chi connectivity index (χ4v) is 5.87. The second kappa shape index (κ2) is 12.7. The summed E-state index contributed by atoms with van der Waals surface area (Å²) in [6.07, 6.45) is 3.31. The second-order valence-electron chi connectivity index (χ2n) is 9.50. The fourth-order valence-electron chi connectivity index (χ4n) is 4.83. The lowest BCUT2D eigenvalue weighted by Crippen LogP contribution is -2.32. The Balaban J connectivity index is 1.40. The number of hydrogen-bond donors (Lipinski definition) is 1. The molecule has 0 saturated heterocycles. The molecule has 2 aromatic carbocycles. The molecule has 0 radical (unpaired) electrons. The van der Waals surface area contributed by atoms with Crippen LogP contribution in [0.25, 0.3) is 33.2 Å². The zero-order valence-electron chi connectivity index (χ0n) is 22.9. The molecule has 6 rings (SSSR count). The summed E-state index contributed by atoms with van der Waals surface area (Å²) in [5.74, 6) is 0.346. The van der Waals surface area contributed by atoms with Gasteiger partial charge >= 0.3 is 0 Å². The highest BCUT2D eigenvalue weighted by Gasteiger charge is 2.18. The average molecular weight is 587 g/mol.